The fraction of sp³-hybridized carbons (Fsp3) is 0.412. The SMILES string of the molecule is CCn1cc(NC(=O)c2ccn(Cn3cnc([N+](=O)[O-])n3)n2)c(C(=O)NCC(C)C)n1. The van der Waals surface area contributed by atoms with Crippen molar-refractivity contribution in [1.82, 2.24) is 39.6 Å². The standard InChI is InChI=1S/C17H22N10O4/c1-4-24-8-13(14(22-24)16(29)18-7-11(2)3)20-15(28)12-5-6-25(21-12)10-26-9-19-17(23-26)27(30)31/h5-6,8-9,11H,4,7,10H2,1-3H3,(H,18,29)(H,20,28). The van der Waals surface area contributed by atoms with Gasteiger partial charge < -0.3 is 20.7 Å². The number of nitrogens with one attached hydrogen (secondary N) is 2. The molecule has 0 aliphatic heterocycles. The third-order valence-corrected chi connectivity index (χ3v) is 4.07. The number of carbonyl (C=O) groups is 2. The van der Waals surface area contributed by atoms with Crippen LogP contribution < -0.4 is 10.6 Å². The third kappa shape index (κ3) is 5.29. The molecule has 0 atom stereocenters. The van der Waals surface area contributed by atoms with Gasteiger partial charge in [0.1, 0.15) is 0 Å². The lowest BCUT2D eigenvalue weighted by atomic mass is 10.2. The van der Waals surface area contributed by atoms with Gasteiger partial charge in [0.15, 0.2) is 18.1 Å². The van der Waals surface area contributed by atoms with Crippen molar-refractivity contribution in [2.75, 3.05) is 11.9 Å². The first-order chi connectivity index (χ1) is 14.8. The van der Waals surface area contributed by atoms with Crippen molar-refractivity contribution in [1.29, 1.82) is 0 Å². The Kier molecular flexibility index (Phi) is 6.37. The second kappa shape index (κ2) is 9.15. The summed E-state index contributed by atoms with van der Waals surface area (Å²) in [6.07, 6.45) is 4.29. The fourth-order valence-electron chi connectivity index (χ4n) is 2.56. The molecule has 164 valence electrons. The van der Waals surface area contributed by atoms with Gasteiger partial charge in [0, 0.05) is 30.6 Å². The van der Waals surface area contributed by atoms with Gasteiger partial charge in [-0.05, 0) is 23.8 Å². The van der Waals surface area contributed by atoms with Crippen molar-refractivity contribution >= 4 is 23.5 Å². The number of nitro groups is 1. The lowest BCUT2D eigenvalue weighted by molar-refractivity contribution is -0.394. The van der Waals surface area contributed by atoms with Crippen molar-refractivity contribution in [3.8, 4) is 0 Å². The Morgan fingerprint density at radius 2 is 1.94 bits per heavy atom. The van der Waals surface area contributed by atoms with E-state index in [0.29, 0.717) is 13.1 Å². The number of rotatable bonds is 9. The van der Waals surface area contributed by atoms with Crippen LogP contribution in [0.25, 0.3) is 0 Å². The number of hydrogen-bond acceptors (Lipinski definition) is 8. The summed E-state index contributed by atoms with van der Waals surface area (Å²) < 4.78 is 4.14. The van der Waals surface area contributed by atoms with E-state index in [1.54, 1.807) is 10.9 Å². The van der Waals surface area contributed by atoms with Crippen LogP contribution in [0.5, 0.6) is 0 Å². The van der Waals surface area contributed by atoms with E-state index in [4.69, 9.17) is 0 Å². The molecule has 3 aromatic rings. The Morgan fingerprint density at radius 3 is 2.58 bits per heavy atom. The number of aromatic nitrogens is 7. The number of hydrogen-bond donors (Lipinski definition) is 2. The molecule has 0 aromatic carbocycles. The lowest BCUT2D eigenvalue weighted by Gasteiger charge is -2.07. The quantitative estimate of drug-likeness (QED) is 0.370. The second-order valence-electron chi connectivity index (χ2n) is 7.03. The highest BCUT2D eigenvalue weighted by atomic mass is 16.6. The fourth-order valence-corrected chi connectivity index (χ4v) is 2.56. The minimum atomic E-state index is -0.705. The van der Waals surface area contributed by atoms with E-state index in [9.17, 15) is 19.7 Å². The van der Waals surface area contributed by atoms with Gasteiger partial charge in [0.25, 0.3) is 11.8 Å². The van der Waals surface area contributed by atoms with Crippen LogP contribution in [0.1, 0.15) is 41.7 Å². The molecule has 3 rings (SSSR count). The lowest BCUT2D eigenvalue weighted by Crippen LogP contribution is -2.29. The molecule has 0 fully saturated rings. The molecule has 0 bridgehead atoms. The average molecular weight is 430 g/mol. The summed E-state index contributed by atoms with van der Waals surface area (Å²) in [7, 11) is 0. The number of carbonyl (C=O) groups excluding carboxylic acids is 2. The molecular formula is C17H22N10O4. The van der Waals surface area contributed by atoms with Crippen molar-refractivity contribution < 1.29 is 14.5 Å². The number of nitrogens with zero attached hydrogens (tertiary/aromatic N) is 8. The third-order valence-electron chi connectivity index (χ3n) is 4.07. The molecule has 2 N–H and O–H groups in total. The van der Waals surface area contributed by atoms with Gasteiger partial charge in [-0.1, -0.05) is 18.8 Å². The predicted octanol–water partition coefficient (Wildman–Crippen LogP) is 0.743. The summed E-state index contributed by atoms with van der Waals surface area (Å²) in [6.45, 7) is 6.85. The van der Waals surface area contributed by atoms with Gasteiger partial charge in [0.2, 0.25) is 6.33 Å². The summed E-state index contributed by atoms with van der Waals surface area (Å²) in [6, 6.07) is 1.48. The molecular weight excluding hydrogens is 408 g/mol. The molecule has 0 spiro atoms. The van der Waals surface area contributed by atoms with Gasteiger partial charge in [-0.3, -0.25) is 14.3 Å². The average Bonchev–Trinajstić information content (AvgIpc) is 3.46. The molecule has 31 heavy (non-hydrogen) atoms. The van der Waals surface area contributed by atoms with Gasteiger partial charge in [0.05, 0.1) is 5.69 Å². The van der Waals surface area contributed by atoms with Crippen LogP contribution in [0.2, 0.25) is 0 Å². The van der Waals surface area contributed by atoms with Crippen LogP contribution in [-0.4, -0.2) is 57.6 Å². The summed E-state index contributed by atoms with van der Waals surface area (Å²) in [5.41, 5.74) is 0.479. The first kappa shape index (κ1) is 21.6. The number of anilines is 1. The van der Waals surface area contributed by atoms with E-state index in [-0.39, 0.29) is 35.6 Å². The molecule has 3 heterocycles. The second-order valence-corrected chi connectivity index (χ2v) is 7.03. The van der Waals surface area contributed by atoms with E-state index >= 15 is 0 Å². The monoisotopic (exact) mass is 430 g/mol. The van der Waals surface area contributed by atoms with E-state index in [2.05, 4.69) is 30.9 Å². The Labute approximate surface area is 176 Å². The van der Waals surface area contributed by atoms with Crippen LogP contribution in [0.4, 0.5) is 11.6 Å². The minimum absolute atomic E-state index is 0.0325. The minimum Gasteiger partial charge on any atom is -0.390 e. The highest BCUT2D eigenvalue weighted by molar-refractivity contribution is 6.07. The van der Waals surface area contributed by atoms with E-state index in [1.165, 1.54) is 28.0 Å². The predicted molar refractivity (Wildman–Crippen MR) is 107 cm³/mol. The summed E-state index contributed by atoms with van der Waals surface area (Å²) >= 11 is 0. The van der Waals surface area contributed by atoms with E-state index in [1.807, 2.05) is 20.8 Å². The normalized spacial score (nSPS) is 11.0. The molecule has 14 heteroatoms. The molecule has 0 aliphatic rings. The zero-order valence-electron chi connectivity index (χ0n) is 17.2. The largest absolute Gasteiger partial charge is 0.491 e. The Bertz CT molecular complexity index is 1100. The van der Waals surface area contributed by atoms with Gasteiger partial charge in [-0.25, -0.2) is 4.68 Å². The van der Waals surface area contributed by atoms with Crippen LogP contribution in [0.15, 0.2) is 24.8 Å². The van der Waals surface area contributed by atoms with E-state index < -0.39 is 16.8 Å². The van der Waals surface area contributed by atoms with Crippen molar-refractivity contribution in [3.05, 3.63) is 46.3 Å². The van der Waals surface area contributed by atoms with E-state index in [0.717, 1.165) is 0 Å². The summed E-state index contributed by atoms with van der Waals surface area (Å²) in [4.78, 5) is 38.6. The topological polar surface area (TPSA) is 168 Å². The molecule has 0 unspecified atom stereocenters. The highest BCUT2D eigenvalue weighted by Crippen LogP contribution is 2.15. The van der Waals surface area contributed by atoms with Crippen molar-refractivity contribution in [3.63, 3.8) is 0 Å². The smallest absolute Gasteiger partial charge is 0.390 e. The van der Waals surface area contributed by atoms with Crippen LogP contribution in [0.3, 0.4) is 0 Å². The van der Waals surface area contributed by atoms with Gasteiger partial charge >= 0.3 is 5.95 Å². The molecule has 2 amide bonds. The molecule has 0 radical (unpaired) electrons. The zero-order valence-corrected chi connectivity index (χ0v) is 17.2. The molecule has 0 aliphatic carbocycles. The number of amides is 2. The maximum absolute atomic E-state index is 12.6. The number of aryl methyl sites for hydroxylation is 1. The van der Waals surface area contributed by atoms with Crippen LogP contribution in [-0.2, 0) is 13.2 Å². The molecule has 14 nitrogen and oxygen atoms in total. The van der Waals surface area contributed by atoms with Crippen molar-refractivity contribution in [2.24, 2.45) is 5.92 Å². The Morgan fingerprint density at radius 1 is 1.16 bits per heavy atom. The Balaban J connectivity index is 1.70. The summed E-state index contributed by atoms with van der Waals surface area (Å²) in [5.74, 6) is -1.17. The molecule has 0 saturated heterocycles. The first-order valence-electron chi connectivity index (χ1n) is 9.51. The van der Waals surface area contributed by atoms with Crippen LogP contribution >= 0.6 is 0 Å². The first-order valence-corrected chi connectivity index (χ1v) is 9.51. The Hall–Kier alpha value is -4.10. The van der Waals surface area contributed by atoms with Gasteiger partial charge in [-0.15, -0.1) is 0 Å². The maximum Gasteiger partial charge on any atom is 0.491 e. The molecule has 3 aromatic heterocycles. The summed E-state index contributed by atoms with van der Waals surface area (Å²) in [5, 5.41) is 28.2. The highest BCUT2D eigenvalue weighted by Gasteiger charge is 2.20. The van der Waals surface area contributed by atoms with Crippen LogP contribution in [0, 0.1) is 16.0 Å². The zero-order chi connectivity index (χ0) is 22.5. The molecule has 0 saturated carbocycles. The maximum atomic E-state index is 12.6. The van der Waals surface area contributed by atoms with Gasteiger partial charge in [-0.2, -0.15) is 14.9 Å². The van der Waals surface area contributed by atoms with Crippen molar-refractivity contribution in [2.45, 2.75) is 34.0 Å².